The van der Waals surface area contributed by atoms with Crippen LogP contribution in [-0.2, 0) is 6.54 Å². The Bertz CT molecular complexity index is 519. The molecule has 0 atom stereocenters. The number of H-pyrrole nitrogens is 1. The summed E-state index contributed by atoms with van der Waals surface area (Å²) < 4.78 is 3.24. The van der Waals surface area contributed by atoms with Crippen LogP contribution in [0.3, 0.4) is 0 Å². The molecule has 0 aliphatic carbocycles. The number of fused-ring (bicyclic) bond motifs is 1. The van der Waals surface area contributed by atoms with Gasteiger partial charge in [0.1, 0.15) is 6.54 Å². The highest BCUT2D eigenvalue weighted by molar-refractivity contribution is 9.11. The molecule has 0 saturated heterocycles. The van der Waals surface area contributed by atoms with Crippen LogP contribution in [0, 0.1) is 0 Å². The van der Waals surface area contributed by atoms with Crippen LogP contribution in [0.5, 0.6) is 0 Å². The molecule has 2 nitrogen and oxygen atoms in total. The van der Waals surface area contributed by atoms with Crippen LogP contribution >= 0.6 is 27.7 Å². The summed E-state index contributed by atoms with van der Waals surface area (Å²) in [6.07, 6.45) is 0. The van der Waals surface area contributed by atoms with E-state index < -0.39 is 0 Å². The van der Waals surface area contributed by atoms with Gasteiger partial charge in [-0.2, -0.15) is 0 Å². The number of hydrogen-bond donors (Lipinski definition) is 1. The van der Waals surface area contributed by atoms with E-state index in [0.717, 1.165) is 16.8 Å². The van der Waals surface area contributed by atoms with Gasteiger partial charge in [-0.15, -0.1) is 0 Å². The lowest BCUT2D eigenvalue weighted by Crippen LogP contribution is -2.34. The fraction of sp³-hybridized carbons (Fsp3) is 0.250. The van der Waals surface area contributed by atoms with E-state index in [0.29, 0.717) is 0 Å². The van der Waals surface area contributed by atoms with Gasteiger partial charge in [0.25, 0.3) is 0 Å². The third-order valence-corrected chi connectivity index (χ3v) is 3.43. The topological polar surface area (TPSA) is 19.7 Å². The standard InChI is InChI=1S/C12H13BrN2S/c1-3-16-12-14-10-6-4-5-7-11(10)15(12)8-9(2)13/h4-7H,2-3,8H2,1H3/p+1. The largest absolute Gasteiger partial charge is 0.317 e. The van der Waals surface area contributed by atoms with Crippen LogP contribution in [-0.4, -0.2) is 10.7 Å². The first-order chi connectivity index (χ1) is 7.72. The Hall–Kier alpha value is -0.740. The molecule has 1 N–H and O–H groups in total. The van der Waals surface area contributed by atoms with E-state index in [1.54, 1.807) is 0 Å². The zero-order valence-corrected chi connectivity index (χ0v) is 11.6. The summed E-state index contributed by atoms with van der Waals surface area (Å²) in [5.74, 6) is 1.06. The van der Waals surface area contributed by atoms with Gasteiger partial charge in [0.2, 0.25) is 0 Å². The molecule has 0 unspecified atom stereocenters. The van der Waals surface area contributed by atoms with Crippen molar-refractivity contribution in [1.82, 2.24) is 4.98 Å². The molecule has 1 aromatic heterocycles. The van der Waals surface area contributed by atoms with Gasteiger partial charge < -0.3 is 0 Å². The number of aromatic nitrogens is 2. The Labute approximate surface area is 108 Å². The van der Waals surface area contributed by atoms with Crippen molar-refractivity contribution in [2.75, 3.05) is 5.75 Å². The molecule has 2 aromatic rings. The van der Waals surface area contributed by atoms with E-state index in [2.05, 4.69) is 57.2 Å². The van der Waals surface area contributed by atoms with Gasteiger partial charge >= 0.3 is 5.16 Å². The Balaban J connectivity index is 2.54. The predicted molar refractivity (Wildman–Crippen MR) is 73.0 cm³/mol. The van der Waals surface area contributed by atoms with Gasteiger partial charge in [0, 0.05) is 10.2 Å². The number of nitrogens with zero attached hydrogens (tertiary/aromatic N) is 1. The van der Waals surface area contributed by atoms with Crippen molar-refractivity contribution < 1.29 is 4.57 Å². The Morgan fingerprint density at radius 3 is 2.94 bits per heavy atom. The van der Waals surface area contributed by atoms with Crippen molar-refractivity contribution >= 4 is 38.7 Å². The Morgan fingerprint density at radius 1 is 1.50 bits per heavy atom. The maximum absolute atomic E-state index is 3.91. The number of hydrogen-bond acceptors (Lipinski definition) is 1. The minimum atomic E-state index is 0.798. The molecule has 84 valence electrons. The van der Waals surface area contributed by atoms with E-state index in [9.17, 15) is 0 Å². The highest BCUT2D eigenvalue weighted by atomic mass is 79.9. The fourth-order valence-electron chi connectivity index (χ4n) is 1.69. The number of allylic oxidation sites excluding steroid dienone is 1. The van der Waals surface area contributed by atoms with Crippen molar-refractivity contribution in [2.24, 2.45) is 0 Å². The second kappa shape index (κ2) is 5.06. The number of rotatable bonds is 4. The number of thioether (sulfide) groups is 1. The van der Waals surface area contributed by atoms with Gasteiger partial charge in [0.15, 0.2) is 11.0 Å². The first kappa shape index (κ1) is 11.7. The van der Waals surface area contributed by atoms with Gasteiger partial charge in [-0.3, -0.25) is 0 Å². The van der Waals surface area contributed by atoms with Crippen LogP contribution < -0.4 is 4.57 Å². The van der Waals surface area contributed by atoms with Crippen LogP contribution in [0.2, 0.25) is 0 Å². The molecule has 1 heterocycles. The number of halogens is 1. The molecule has 0 aliphatic heterocycles. The molecule has 0 fully saturated rings. The molecule has 2 rings (SSSR count). The number of benzene rings is 1. The minimum Gasteiger partial charge on any atom is -0.231 e. The highest BCUT2D eigenvalue weighted by Gasteiger charge is 2.17. The summed E-state index contributed by atoms with van der Waals surface area (Å²) >= 11 is 5.24. The monoisotopic (exact) mass is 297 g/mol. The van der Waals surface area contributed by atoms with Crippen molar-refractivity contribution in [3.63, 3.8) is 0 Å². The molecule has 0 spiro atoms. The summed E-state index contributed by atoms with van der Waals surface area (Å²) in [6, 6.07) is 8.33. The molecule has 0 saturated carbocycles. The van der Waals surface area contributed by atoms with Gasteiger partial charge in [-0.05, 0) is 23.9 Å². The van der Waals surface area contributed by atoms with Crippen LogP contribution in [0.25, 0.3) is 11.0 Å². The molecule has 0 bridgehead atoms. The van der Waals surface area contributed by atoms with E-state index >= 15 is 0 Å². The Morgan fingerprint density at radius 2 is 2.25 bits per heavy atom. The highest BCUT2D eigenvalue weighted by Crippen LogP contribution is 2.18. The minimum absolute atomic E-state index is 0.798. The summed E-state index contributed by atoms with van der Waals surface area (Å²) in [6.45, 7) is 6.86. The normalized spacial score (nSPS) is 10.9. The SMILES string of the molecule is C=C(Br)C[n+]1c(SCC)[nH]c2ccccc21. The summed E-state index contributed by atoms with van der Waals surface area (Å²) in [4.78, 5) is 3.43. The summed E-state index contributed by atoms with van der Waals surface area (Å²) in [5, 5.41) is 1.18. The predicted octanol–water partition coefficient (Wildman–Crippen LogP) is 3.48. The lowest BCUT2D eigenvalue weighted by molar-refractivity contribution is -0.699. The average molecular weight is 298 g/mol. The van der Waals surface area contributed by atoms with E-state index in [1.165, 1.54) is 16.2 Å². The van der Waals surface area contributed by atoms with Crippen LogP contribution in [0.4, 0.5) is 0 Å². The number of aromatic amines is 1. The van der Waals surface area contributed by atoms with Crippen molar-refractivity contribution in [3.05, 3.63) is 35.3 Å². The van der Waals surface area contributed by atoms with E-state index in [1.807, 2.05) is 17.8 Å². The van der Waals surface area contributed by atoms with Gasteiger partial charge in [-0.1, -0.05) is 41.6 Å². The first-order valence-electron chi connectivity index (χ1n) is 5.19. The number of para-hydroxylation sites is 2. The summed E-state index contributed by atoms with van der Waals surface area (Å²) in [5.41, 5.74) is 2.39. The third kappa shape index (κ3) is 2.33. The molecule has 16 heavy (non-hydrogen) atoms. The smallest absolute Gasteiger partial charge is 0.231 e. The molecular formula is C12H14BrN2S+. The van der Waals surface area contributed by atoms with Crippen molar-refractivity contribution in [1.29, 1.82) is 0 Å². The summed E-state index contributed by atoms with van der Waals surface area (Å²) in [7, 11) is 0. The lowest BCUT2D eigenvalue weighted by Gasteiger charge is -1.98. The van der Waals surface area contributed by atoms with E-state index in [4.69, 9.17) is 0 Å². The second-order valence-corrected chi connectivity index (χ2v) is 5.86. The first-order valence-corrected chi connectivity index (χ1v) is 6.97. The molecule has 0 amide bonds. The van der Waals surface area contributed by atoms with Crippen molar-refractivity contribution in [3.8, 4) is 0 Å². The number of nitrogens with one attached hydrogen (secondary N) is 1. The Kier molecular flexibility index (Phi) is 3.71. The fourth-order valence-corrected chi connectivity index (χ4v) is 2.71. The molecule has 0 aliphatic rings. The zero-order chi connectivity index (χ0) is 11.5. The third-order valence-electron chi connectivity index (χ3n) is 2.29. The maximum atomic E-state index is 3.91. The second-order valence-electron chi connectivity index (χ2n) is 3.48. The maximum Gasteiger partial charge on any atom is 0.317 e. The number of imidazole rings is 1. The molecular weight excluding hydrogens is 284 g/mol. The molecule has 0 radical (unpaired) electrons. The van der Waals surface area contributed by atoms with E-state index in [-0.39, 0.29) is 0 Å². The quantitative estimate of drug-likeness (QED) is 0.676. The molecule has 4 heteroatoms. The van der Waals surface area contributed by atoms with Crippen LogP contribution in [0.15, 0.2) is 40.5 Å². The van der Waals surface area contributed by atoms with Crippen LogP contribution in [0.1, 0.15) is 6.92 Å². The zero-order valence-electron chi connectivity index (χ0n) is 9.16. The molecule has 1 aromatic carbocycles. The van der Waals surface area contributed by atoms with Crippen molar-refractivity contribution in [2.45, 2.75) is 18.6 Å². The van der Waals surface area contributed by atoms with Gasteiger partial charge in [-0.25, -0.2) is 9.55 Å². The van der Waals surface area contributed by atoms with Gasteiger partial charge in [0.05, 0.1) is 0 Å². The average Bonchev–Trinajstić information content (AvgIpc) is 2.57. The lowest BCUT2D eigenvalue weighted by atomic mass is 10.3.